The van der Waals surface area contributed by atoms with Crippen LogP contribution in [-0.4, -0.2) is 28.4 Å². The summed E-state index contributed by atoms with van der Waals surface area (Å²) in [7, 11) is -1.46. The summed E-state index contributed by atoms with van der Waals surface area (Å²) < 4.78 is 11.5. The third kappa shape index (κ3) is 7.34. The van der Waals surface area contributed by atoms with Crippen LogP contribution in [0.3, 0.4) is 0 Å². The summed E-state index contributed by atoms with van der Waals surface area (Å²) in [4.78, 5) is 0. The van der Waals surface area contributed by atoms with Gasteiger partial charge in [-0.15, -0.1) is 11.6 Å². The van der Waals surface area contributed by atoms with Crippen molar-refractivity contribution in [1.82, 2.24) is 0 Å². The number of alkyl halides is 1. The fraction of sp³-hybridized carbons (Fsp3) is 1.00. The zero-order valence-electron chi connectivity index (χ0n) is 10.3. The summed E-state index contributed by atoms with van der Waals surface area (Å²) in [5.74, 6) is 0.750. The van der Waals surface area contributed by atoms with Crippen LogP contribution in [0.25, 0.3) is 0 Å². The molecule has 0 N–H and O–H groups in total. The Morgan fingerprint density at radius 3 is 2.07 bits per heavy atom. The van der Waals surface area contributed by atoms with Gasteiger partial charge in [0.15, 0.2) is 0 Å². The third-order valence-corrected chi connectivity index (χ3v) is 5.44. The topological polar surface area (TPSA) is 18.5 Å². The summed E-state index contributed by atoms with van der Waals surface area (Å²) in [5.41, 5.74) is 0.633. The van der Waals surface area contributed by atoms with Crippen molar-refractivity contribution in [3.05, 3.63) is 0 Å². The van der Waals surface area contributed by atoms with Crippen LogP contribution in [0.15, 0.2) is 0 Å². The van der Waals surface area contributed by atoms with Gasteiger partial charge in [0.2, 0.25) is 0 Å². The highest BCUT2D eigenvalue weighted by molar-refractivity contribution is 6.46. The highest BCUT2D eigenvalue weighted by atomic mass is 35.5. The van der Waals surface area contributed by atoms with E-state index in [1.54, 1.807) is 0 Å². The van der Waals surface area contributed by atoms with Gasteiger partial charge < -0.3 is 8.85 Å². The van der Waals surface area contributed by atoms with Gasteiger partial charge in [-0.1, -0.05) is 13.3 Å². The summed E-state index contributed by atoms with van der Waals surface area (Å²) >= 11 is 5.74. The molecule has 0 saturated carbocycles. The molecular formula is C11H25ClO2Si. The minimum atomic E-state index is -1.46. The molecule has 0 spiro atoms. The maximum Gasteiger partial charge on any atom is 0.324 e. The van der Waals surface area contributed by atoms with Gasteiger partial charge in [-0.3, -0.25) is 0 Å². The van der Waals surface area contributed by atoms with E-state index in [2.05, 4.69) is 6.92 Å². The molecule has 0 saturated heterocycles. The normalized spacial score (nSPS) is 13.4. The second kappa shape index (κ2) is 10.9. The first-order chi connectivity index (χ1) is 7.29. The standard InChI is InChI=1S/C11H25ClO2Si/c1-4-8-11(9-7-10-12)15(13-5-2)14-6-3/h11,15H,4-10H2,1-3H3. The Morgan fingerprint density at radius 1 is 1.07 bits per heavy atom. The van der Waals surface area contributed by atoms with Crippen molar-refractivity contribution in [2.75, 3.05) is 19.1 Å². The van der Waals surface area contributed by atoms with Crippen LogP contribution in [0, 0.1) is 0 Å². The maximum absolute atomic E-state index is 5.77. The van der Waals surface area contributed by atoms with Crippen molar-refractivity contribution >= 4 is 20.9 Å². The van der Waals surface area contributed by atoms with Crippen LogP contribution in [0.4, 0.5) is 0 Å². The van der Waals surface area contributed by atoms with Crippen molar-refractivity contribution in [2.24, 2.45) is 0 Å². The van der Waals surface area contributed by atoms with Crippen LogP contribution in [0.2, 0.25) is 5.54 Å². The van der Waals surface area contributed by atoms with E-state index in [0.717, 1.165) is 31.9 Å². The van der Waals surface area contributed by atoms with E-state index in [0.29, 0.717) is 5.54 Å². The summed E-state index contributed by atoms with van der Waals surface area (Å²) in [6, 6.07) is 0. The van der Waals surface area contributed by atoms with Crippen molar-refractivity contribution in [1.29, 1.82) is 0 Å². The molecule has 0 aromatic carbocycles. The van der Waals surface area contributed by atoms with E-state index < -0.39 is 9.28 Å². The first-order valence-corrected chi connectivity index (χ1v) is 8.23. The molecule has 0 amide bonds. The lowest BCUT2D eigenvalue weighted by Crippen LogP contribution is -2.29. The Morgan fingerprint density at radius 2 is 1.67 bits per heavy atom. The van der Waals surface area contributed by atoms with E-state index in [4.69, 9.17) is 20.5 Å². The second-order valence-electron chi connectivity index (χ2n) is 3.66. The molecule has 0 aliphatic rings. The molecule has 0 radical (unpaired) electrons. The Balaban J connectivity index is 4.09. The SMILES string of the molecule is CCCC(CCCCl)[SiH](OCC)OCC. The number of halogens is 1. The monoisotopic (exact) mass is 252 g/mol. The van der Waals surface area contributed by atoms with Gasteiger partial charge in [-0.2, -0.15) is 0 Å². The Kier molecular flexibility index (Phi) is 11.2. The first-order valence-electron chi connectivity index (χ1n) is 6.09. The van der Waals surface area contributed by atoms with Crippen molar-refractivity contribution in [3.8, 4) is 0 Å². The molecule has 0 aromatic rings. The molecule has 92 valence electrons. The molecule has 0 bridgehead atoms. The highest BCUT2D eigenvalue weighted by Gasteiger charge is 2.24. The van der Waals surface area contributed by atoms with E-state index in [9.17, 15) is 0 Å². The van der Waals surface area contributed by atoms with Gasteiger partial charge >= 0.3 is 9.28 Å². The fourth-order valence-electron chi connectivity index (χ4n) is 1.78. The Hall–Kier alpha value is 0.427. The minimum absolute atomic E-state index is 0.633. The molecule has 0 rings (SSSR count). The average molecular weight is 253 g/mol. The largest absolute Gasteiger partial charge is 0.397 e. The molecule has 15 heavy (non-hydrogen) atoms. The molecule has 4 heteroatoms. The van der Waals surface area contributed by atoms with Crippen LogP contribution in [0.1, 0.15) is 46.5 Å². The summed E-state index contributed by atoms with van der Waals surface area (Å²) in [6.45, 7) is 7.86. The molecule has 0 aliphatic heterocycles. The molecule has 0 fully saturated rings. The molecule has 0 aliphatic carbocycles. The predicted molar refractivity (Wildman–Crippen MR) is 69.0 cm³/mol. The molecule has 1 unspecified atom stereocenters. The highest BCUT2D eigenvalue weighted by Crippen LogP contribution is 2.25. The molecule has 0 heterocycles. The van der Waals surface area contributed by atoms with E-state index in [1.807, 2.05) is 13.8 Å². The van der Waals surface area contributed by atoms with E-state index in [-0.39, 0.29) is 0 Å². The van der Waals surface area contributed by atoms with Crippen molar-refractivity contribution in [2.45, 2.75) is 52.0 Å². The van der Waals surface area contributed by atoms with Gasteiger partial charge in [0.1, 0.15) is 0 Å². The van der Waals surface area contributed by atoms with Crippen LogP contribution >= 0.6 is 11.6 Å². The smallest absolute Gasteiger partial charge is 0.324 e. The van der Waals surface area contributed by atoms with Gasteiger partial charge in [-0.25, -0.2) is 0 Å². The maximum atomic E-state index is 5.77. The average Bonchev–Trinajstić information content (AvgIpc) is 2.24. The van der Waals surface area contributed by atoms with Gasteiger partial charge in [-0.05, 0) is 38.7 Å². The van der Waals surface area contributed by atoms with Gasteiger partial charge in [0, 0.05) is 19.1 Å². The van der Waals surface area contributed by atoms with Gasteiger partial charge in [0.05, 0.1) is 0 Å². The molecular weight excluding hydrogens is 228 g/mol. The quantitative estimate of drug-likeness (QED) is 0.438. The minimum Gasteiger partial charge on any atom is -0.397 e. The predicted octanol–water partition coefficient (Wildman–Crippen LogP) is 3.47. The van der Waals surface area contributed by atoms with Crippen LogP contribution in [-0.2, 0) is 8.85 Å². The Bertz CT molecular complexity index is 130. The lowest BCUT2D eigenvalue weighted by Gasteiger charge is -2.24. The van der Waals surface area contributed by atoms with Crippen LogP contribution < -0.4 is 0 Å². The summed E-state index contributed by atoms with van der Waals surface area (Å²) in [5, 5.41) is 0. The number of hydrogen-bond acceptors (Lipinski definition) is 2. The summed E-state index contributed by atoms with van der Waals surface area (Å²) in [6.07, 6.45) is 4.66. The van der Waals surface area contributed by atoms with E-state index >= 15 is 0 Å². The zero-order chi connectivity index (χ0) is 11.5. The molecule has 0 aromatic heterocycles. The van der Waals surface area contributed by atoms with E-state index in [1.165, 1.54) is 12.8 Å². The first kappa shape index (κ1) is 15.4. The molecule has 1 atom stereocenters. The Labute approximate surface area is 101 Å². The fourth-order valence-corrected chi connectivity index (χ4v) is 4.34. The number of rotatable bonds is 10. The third-order valence-electron chi connectivity index (χ3n) is 2.41. The van der Waals surface area contributed by atoms with Crippen molar-refractivity contribution < 1.29 is 8.85 Å². The van der Waals surface area contributed by atoms with Gasteiger partial charge in [0.25, 0.3) is 0 Å². The lowest BCUT2D eigenvalue weighted by molar-refractivity contribution is 0.200. The molecule has 2 nitrogen and oxygen atoms in total. The number of hydrogen-bond donors (Lipinski definition) is 0. The second-order valence-corrected chi connectivity index (χ2v) is 6.38. The van der Waals surface area contributed by atoms with Crippen LogP contribution in [0.5, 0.6) is 0 Å². The van der Waals surface area contributed by atoms with Crippen molar-refractivity contribution in [3.63, 3.8) is 0 Å². The zero-order valence-corrected chi connectivity index (χ0v) is 12.2. The lowest BCUT2D eigenvalue weighted by atomic mass is 10.1.